The van der Waals surface area contributed by atoms with Crippen molar-refractivity contribution in [2.45, 2.75) is 19.8 Å². The van der Waals surface area contributed by atoms with Crippen LogP contribution in [-0.4, -0.2) is 33.4 Å². The Morgan fingerprint density at radius 2 is 1.90 bits per heavy atom. The maximum absolute atomic E-state index is 12.4. The molecule has 0 radical (unpaired) electrons. The summed E-state index contributed by atoms with van der Waals surface area (Å²) in [5.41, 5.74) is 0.974. The van der Waals surface area contributed by atoms with E-state index in [0.29, 0.717) is 48.0 Å². The van der Waals surface area contributed by atoms with Crippen molar-refractivity contribution in [3.63, 3.8) is 0 Å². The summed E-state index contributed by atoms with van der Waals surface area (Å²) in [6, 6.07) is 5.38. The van der Waals surface area contributed by atoms with Gasteiger partial charge in [-0.15, -0.1) is 0 Å². The molecule has 2 rings (SSSR count). The fraction of sp³-hybridized carbons (Fsp3) is 0.438. The first-order valence-corrected chi connectivity index (χ1v) is 6.97. The number of rotatable bonds is 5. The van der Waals surface area contributed by atoms with Crippen LogP contribution in [0, 0.1) is 0 Å². The smallest absolute Gasteiger partial charge is 0.342 e. The zero-order valence-electron chi connectivity index (χ0n) is 12.6. The van der Waals surface area contributed by atoms with E-state index < -0.39 is 5.97 Å². The molecule has 1 aromatic rings. The zero-order chi connectivity index (χ0) is 15.2. The molecule has 1 aliphatic rings. The second-order valence-corrected chi connectivity index (χ2v) is 4.51. The van der Waals surface area contributed by atoms with Crippen molar-refractivity contribution >= 4 is 11.5 Å². The van der Waals surface area contributed by atoms with Gasteiger partial charge in [0.2, 0.25) is 0 Å². The Balaban J connectivity index is 2.61. The van der Waals surface area contributed by atoms with Crippen LogP contribution in [0.1, 0.15) is 25.3 Å². The van der Waals surface area contributed by atoms with E-state index in [9.17, 15) is 4.79 Å². The monoisotopic (exact) mass is 292 g/mol. The van der Waals surface area contributed by atoms with Gasteiger partial charge in [0, 0.05) is 6.42 Å². The molecular weight excluding hydrogens is 272 g/mol. The molecule has 0 amide bonds. The average Bonchev–Trinajstić information content (AvgIpc) is 3.02. The maximum Gasteiger partial charge on any atom is 0.342 e. The summed E-state index contributed by atoms with van der Waals surface area (Å²) < 4.78 is 21.5. The predicted molar refractivity (Wildman–Crippen MR) is 78.3 cm³/mol. The average molecular weight is 292 g/mol. The Morgan fingerprint density at radius 1 is 1.24 bits per heavy atom. The lowest BCUT2D eigenvalue weighted by molar-refractivity contribution is -0.136. The fourth-order valence-corrected chi connectivity index (χ4v) is 2.35. The number of allylic oxidation sites excluding steroid dienone is 1. The van der Waals surface area contributed by atoms with E-state index >= 15 is 0 Å². The number of esters is 1. The summed E-state index contributed by atoms with van der Waals surface area (Å²) >= 11 is 0. The number of ether oxygens (including phenoxy) is 4. The second kappa shape index (κ2) is 7.02. The molecule has 5 nitrogen and oxygen atoms in total. The summed E-state index contributed by atoms with van der Waals surface area (Å²) in [6.45, 7) is 2.68. The van der Waals surface area contributed by atoms with Gasteiger partial charge in [0.25, 0.3) is 0 Å². The SMILES string of the molecule is CCOC(=O)/C(=C1\CCCO1)c1c(OC)cccc1OC. The van der Waals surface area contributed by atoms with Crippen molar-refractivity contribution in [3.05, 3.63) is 29.5 Å². The Bertz CT molecular complexity index is 517. The summed E-state index contributed by atoms with van der Waals surface area (Å²) in [7, 11) is 3.11. The minimum atomic E-state index is -0.419. The van der Waals surface area contributed by atoms with Crippen molar-refractivity contribution < 1.29 is 23.7 Å². The lowest BCUT2D eigenvalue weighted by Gasteiger charge is -2.16. The normalized spacial score (nSPS) is 16.1. The molecule has 0 atom stereocenters. The van der Waals surface area contributed by atoms with Crippen LogP contribution >= 0.6 is 0 Å². The van der Waals surface area contributed by atoms with Gasteiger partial charge in [0.1, 0.15) is 22.8 Å². The molecule has 0 aliphatic carbocycles. The van der Waals surface area contributed by atoms with Gasteiger partial charge in [-0.05, 0) is 25.5 Å². The third-order valence-corrected chi connectivity index (χ3v) is 3.26. The Hall–Kier alpha value is -2.17. The zero-order valence-corrected chi connectivity index (χ0v) is 12.6. The molecule has 21 heavy (non-hydrogen) atoms. The molecule has 1 fully saturated rings. The van der Waals surface area contributed by atoms with Gasteiger partial charge in [0.15, 0.2) is 0 Å². The van der Waals surface area contributed by atoms with Crippen molar-refractivity contribution in [1.29, 1.82) is 0 Å². The standard InChI is InChI=1S/C16H20O5/c1-4-20-16(17)15(13-9-6-10-21-13)14-11(18-2)7-5-8-12(14)19-3/h5,7-8H,4,6,9-10H2,1-3H3/b15-13+. The van der Waals surface area contributed by atoms with Gasteiger partial charge in [-0.3, -0.25) is 0 Å². The number of benzene rings is 1. The molecule has 0 saturated carbocycles. The topological polar surface area (TPSA) is 54.0 Å². The van der Waals surface area contributed by atoms with Gasteiger partial charge >= 0.3 is 5.97 Å². The predicted octanol–water partition coefficient (Wildman–Crippen LogP) is 2.79. The molecule has 1 aromatic carbocycles. The largest absolute Gasteiger partial charge is 0.497 e. The Kier molecular flexibility index (Phi) is 5.09. The van der Waals surface area contributed by atoms with Gasteiger partial charge < -0.3 is 18.9 Å². The maximum atomic E-state index is 12.4. The quantitative estimate of drug-likeness (QED) is 0.617. The summed E-state index contributed by atoms with van der Waals surface area (Å²) in [6.07, 6.45) is 1.59. The summed E-state index contributed by atoms with van der Waals surface area (Å²) in [5.74, 6) is 1.33. The molecule has 1 heterocycles. The van der Waals surface area contributed by atoms with Crippen LogP contribution in [0.2, 0.25) is 0 Å². The molecule has 0 aromatic heterocycles. The van der Waals surface area contributed by atoms with Crippen LogP contribution in [0.3, 0.4) is 0 Å². The lowest BCUT2D eigenvalue weighted by Crippen LogP contribution is -2.11. The first-order valence-electron chi connectivity index (χ1n) is 6.97. The van der Waals surface area contributed by atoms with Crippen molar-refractivity contribution in [3.8, 4) is 11.5 Å². The molecular formula is C16H20O5. The van der Waals surface area contributed by atoms with E-state index in [1.807, 2.05) is 6.07 Å². The van der Waals surface area contributed by atoms with Gasteiger partial charge in [-0.25, -0.2) is 4.79 Å². The van der Waals surface area contributed by atoms with Crippen LogP contribution in [-0.2, 0) is 14.3 Å². The fourth-order valence-electron chi connectivity index (χ4n) is 2.35. The third kappa shape index (κ3) is 3.12. The van der Waals surface area contributed by atoms with E-state index in [1.165, 1.54) is 0 Å². The second-order valence-electron chi connectivity index (χ2n) is 4.51. The highest BCUT2D eigenvalue weighted by molar-refractivity contribution is 6.19. The summed E-state index contributed by atoms with van der Waals surface area (Å²) in [5, 5.41) is 0. The molecule has 0 unspecified atom stereocenters. The highest BCUT2D eigenvalue weighted by atomic mass is 16.5. The van der Waals surface area contributed by atoms with E-state index in [1.54, 1.807) is 33.3 Å². The third-order valence-electron chi connectivity index (χ3n) is 3.26. The number of carbonyl (C=O) groups excluding carboxylic acids is 1. The van der Waals surface area contributed by atoms with Crippen LogP contribution in [0.15, 0.2) is 24.0 Å². The Morgan fingerprint density at radius 3 is 2.38 bits per heavy atom. The first kappa shape index (κ1) is 15.2. The minimum absolute atomic E-state index is 0.299. The van der Waals surface area contributed by atoms with Crippen LogP contribution in [0.5, 0.6) is 11.5 Å². The molecule has 0 spiro atoms. The van der Waals surface area contributed by atoms with Gasteiger partial charge in [0.05, 0.1) is 33.0 Å². The van der Waals surface area contributed by atoms with Crippen LogP contribution in [0.4, 0.5) is 0 Å². The number of hydrogen-bond acceptors (Lipinski definition) is 5. The van der Waals surface area contributed by atoms with E-state index in [0.717, 1.165) is 6.42 Å². The van der Waals surface area contributed by atoms with E-state index in [-0.39, 0.29) is 0 Å². The molecule has 1 aliphatic heterocycles. The number of methoxy groups -OCH3 is 2. The minimum Gasteiger partial charge on any atom is -0.497 e. The Labute approximate surface area is 124 Å². The van der Waals surface area contributed by atoms with Crippen LogP contribution in [0.25, 0.3) is 5.57 Å². The highest BCUT2D eigenvalue weighted by Gasteiger charge is 2.28. The van der Waals surface area contributed by atoms with E-state index in [4.69, 9.17) is 18.9 Å². The first-order chi connectivity index (χ1) is 10.2. The van der Waals surface area contributed by atoms with Crippen molar-refractivity contribution in [2.24, 2.45) is 0 Å². The lowest BCUT2D eigenvalue weighted by atomic mass is 10.0. The molecule has 114 valence electrons. The number of carbonyl (C=O) groups is 1. The summed E-state index contributed by atoms with van der Waals surface area (Å²) in [4.78, 5) is 12.4. The van der Waals surface area contributed by atoms with E-state index in [2.05, 4.69) is 0 Å². The van der Waals surface area contributed by atoms with Crippen LogP contribution < -0.4 is 9.47 Å². The molecule has 0 N–H and O–H groups in total. The molecule has 1 saturated heterocycles. The van der Waals surface area contributed by atoms with Gasteiger partial charge in [-0.2, -0.15) is 0 Å². The highest BCUT2D eigenvalue weighted by Crippen LogP contribution is 2.39. The molecule has 5 heteroatoms. The number of hydrogen-bond donors (Lipinski definition) is 0. The van der Waals surface area contributed by atoms with Crippen molar-refractivity contribution in [2.75, 3.05) is 27.4 Å². The van der Waals surface area contributed by atoms with Gasteiger partial charge in [-0.1, -0.05) is 6.07 Å². The van der Waals surface area contributed by atoms with Crippen molar-refractivity contribution in [1.82, 2.24) is 0 Å². The molecule has 0 bridgehead atoms.